The summed E-state index contributed by atoms with van der Waals surface area (Å²) in [7, 11) is 0. The Balaban J connectivity index is 2.18. The maximum atomic E-state index is 12.4. The molecule has 1 N–H and O–H groups in total. The number of hydrogen-bond donors (Lipinski definition) is 1. The first-order valence-corrected chi connectivity index (χ1v) is 5.05. The summed E-state index contributed by atoms with van der Waals surface area (Å²) >= 11 is 0. The molecule has 0 unspecified atom stereocenters. The highest BCUT2D eigenvalue weighted by Crippen LogP contribution is 2.35. The van der Waals surface area contributed by atoms with E-state index >= 15 is 0 Å². The van der Waals surface area contributed by atoms with E-state index in [1.165, 1.54) is 5.32 Å². The Kier molecular flexibility index (Phi) is 4.29. The molecule has 1 fully saturated rings. The van der Waals surface area contributed by atoms with Gasteiger partial charge in [-0.15, -0.1) is 0 Å². The van der Waals surface area contributed by atoms with Crippen molar-refractivity contribution in [1.82, 2.24) is 5.32 Å². The predicted octanol–water partition coefficient (Wildman–Crippen LogP) is 1.73. The van der Waals surface area contributed by atoms with Gasteiger partial charge in [0.25, 0.3) is 5.91 Å². The molecule has 0 spiro atoms. The number of carbonyl (C=O) groups is 1. The molecule has 3 nitrogen and oxygen atoms in total. The lowest BCUT2D eigenvalue weighted by Crippen LogP contribution is -2.51. The summed E-state index contributed by atoms with van der Waals surface area (Å²) < 4.78 is 64.9. The fraction of sp³-hybridized carbons (Fsp3) is 0.889. The summed E-state index contributed by atoms with van der Waals surface area (Å²) in [6.07, 6.45) is -3.79. The topological polar surface area (TPSA) is 38.3 Å². The molecule has 1 aliphatic rings. The molecule has 0 bridgehead atoms. The first-order valence-electron chi connectivity index (χ1n) is 5.05. The number of carbonyl (C=O) groups excluding carboxylic acids is 1. The van der Waals surface area contributed by atoms with Gasteiger partial charge in [0.05, 0.1) is 6.61 Å². The molecule has 100 valence electrons. The molecular formula is C9H12F5NO2. The number of halogens is 5. The van der Waals surface area contributed by atoms with Crippen molar-refractivity contribution in [1.29, 1.82) is 0 Å². The molecule has 0 radical (unpaired) electrons. The van der Waals surface area contributed by atoms with Crippen LogP contribution in [0.15, 0.2) is 0 Å². The average molecular weight is 261 g/mol. The van der Waals surface area contributed by atoms with Gasteiger partial charge >= 0.3 is 12.1 Å². The van der Waals surface area contributed by atoms with E-state index in [2.05, 4.69) is 0 Å². The second-order valence-electron chi connectivity index (χ2n) is 3.85. The van der Waals surface area contributed by atoms with Crippen LogP contribution in [0.25, 0.3) is 0 Å². The molecule has 0 atom stereocenters. The van der Waals surface area contributed by atoms with Gasteiger partial charge in [0.1, 0.15) is 0 Å². The number of hydrogen-bond acceptors (Lipinski definition) is 2. The molecule has 0 heterocycles. The maximum absolute atomic E-state index is 12.4. The Bertz CT molecular complexity index is 275. The zero-order valence-corrected chi connectivity index (χ0v) is 8.82. The monoisotopic (exact) mass is 261 g/mol. The van der Waals surface area contributed by atoms with Gasteiger partial charge in [-0.2, -0.15) is 22.0 Å². The Labute approximate surface area is 94.3 Å². The molecular weight excluding hydrogens is 249 g/mol. The van der Waals surface area contributed by atoms with Crippen molar-refractivity contribution in [3.63, 3.8) is 0 Å². The van der Waals surface area contributed by atoms with Crippen molar-refractivity contribution in [3.05, 3.63) is 0 Å². The summed E-state index contributed by atoms with van der Waals surface area (Å²) in [6, 6.07) is 0. The van der Waals surface area contributed by atoms with Crippen molar-refractivity contribution < 1.29 is 31.5 Å². The molecule has 1 amide bonds. The van der Waals surface area contributed by atoms with Crippen LogP contribution in [0.2, 0.25) is 0 Å². The van der Waals surface area contributed by atoms with Gasteiger partial charge in [0.15, 0.2) is 0 Å². The van der Waals surface area contributed by atoms with Crippen molar-refractivity contribution in [2.75, 3.05) is 19.8 Å². The molecule has 1 saturated carbocycles. The van der Waals surface area contributed by atoms with Crippen LogP contribution in [0.4, 0.5) is 22.0 Å². The van der Waals surface area contributed by atoms with Crippen molar-refractivity contribution in [2.45, 2.75) is 24.9 Å². The summed E-state index contributed by atoms with van der Waals surface area (Å²) in [5, 5.41) is 1.49. The summed E-state index contributed by atoms with van der Waals surface area (Å²) in [5.74, 6) is -7.24. The van der Waals surface area contributed by atoms with Crippen LogP contribution < -0.4 is 5.32 Å². The van der Waals surface area contributed by atoms with Gasteiger partial charge in [-0.05, 0) is 18.8 Å². The summed E-state index contributed by atoms with van der Waals surface area (Å²) in [4.78, 5) is 10.6. The van der Waals surface area contributed by atoms with Crippen LogP contribution in [0.3, 0.4) is 0 Å². The van der Waals surface area contributed by atoms with Crippen LogP contribution in [-0.2, 0) is 9.53 Å². The van der Waals surface area contributed by atoms with Gasteiger partial charge in [0, 0.05) is 13.2 Å². The largest absolute Gasteiger partial charge is 0.463 e. The first-order chi connectivity index (χ1) is 7.75. The van der Waals surface area contributed by atoms with Crippen LogP contribution in [-0.4, -0.2) is 37.8 Å². The second-order valence-corrected chi connectivity index (χ2v) is 3.85. The smallest absolute Gasteiger partial charge is 0.379 e. The van der Waals surface area contributed by atoms with Gasteiger partial charge in [0.2, 0.25) is 0 Å². The highest BCUT2D eigenvalue weighted by Gasteiger charge is 2.63. The molecule has 0 aromatic rings. The molecule has 17 heavy (non-hydrogen) atoms. The fourth-order valence-corrected chi connectivity index (χ4v) is 1.01. The van der Waals surface area contributed by atoms with Gasteiger partial charge in [-0.3, -0.25) is 4.79 Å². The number of amides is 1. The minimum Gasteiger partial charge on any atom is -0.379 e. The van der Waals surface area contributed by atoms with E-state index < -0.39 is 18.0 Å². The standard InChI is InChI=1S/C9H12F5NO2/c10-8(11,9(12,13)14)7(16)15-3-4-17-5-6-1-2-6/h6H,1-5H2,(H,15,16). The van der Waals surface area contributed by atoms with Crippen molar-refractivity contribution >= 4 is 5.91 Å². The lowest BCUT2D eigenvalue weighted by molar-refractivity contribution is -0.269. The third-order valence-corrected chi connectivity index (χ3v) is 2.22. The average Bonchev–Trinajstić information content (AvgIpc) is 2.98. The van der Waals surface area contributed by atoms with Crippen LogP contribution in [0, 0.1) is 5.92 Å². The summed E-state index contributed by atoms with van der Waals surface area (Å²) in [5.41, 5.74) is 0. The van der Waals surface area contributed by atoms with E-state index in [9.17, 15) is 26.7 Å². The minimum atomic E-state index is -5.87. The van der Waals surface area contributed by atoms with Crippen LogP contribution >= 0.6 is 0 Å². The predicted molar refractivity (Wildman–Crippen MR) is 47.6 cm³/mol. The Morgan fingerprint density at radius 3 is 2.29 bits per heavy atom. The summed E-state index contributed by atoms with van der Waals surface area (Å²) in [6.45, 7) is 0.0128. The maximum Gasteiger partial charge on any atom is 0.463 e. The molecule has 8 heteroatoms. The van der Waals surface area contributed by atoms with E-state index in [0.29, 0.717) is 12.5 Å². The molecule has 0 aromatic carbocycles. The molecule has 0 aromatic heterocycles. The Hall–Kier alpha value is -0.920. The SMILES string of the molecule is O=C(NCCOCC1CC1)C(F)(F)C(F)(F)F. The third-order valence-electron chi connectivity index (χ3n) is 2.22. The van der Waals surface area contributed by atoms with Crippen molar-refractivity contribution in [2.24, 2.45) is 5.92 Å². The first kappa shape index (κ1) is 14.1. The second kappa shape index (κ2) is 5.16. The van der Waals surface area contributed by atoms with Crippen molar-refractivity contribution in [3.8, 4) is 0 Å². The lowest BCUT2D eigenvalue weighted by Gasteiger charge is -2.18. The van der Waals surface area contributed by atoms with Crippen LogP contribution in [0.1, 0.15) is 12.8 Å². The molecule has 1 rings (SSSR count). The number of alkyl halides is 5. The van der Waals surface area contributed by atoms with E-state index in [-0.39, 0.29) is 13.2 Å². The Morgan fingerprint density at radius 2 is 1.82 bits per heavy atom. The highest BCUT2D eigenvalue weighted by molar-refractivity contribution is 5.84. The number of rotatable bonds is 6. The molecule has 0 saturated heterocycles. The molecule has 1 aliphatic carbocycles. The van der Waals surface area contributed by atoms with Gasteiger partial charge < -0.3 is 10.1 Å². The highest BCUT2D eigenvalue weighted by atomic mass is 19.4. The van der Waals surface area contributed by atoms with E-state index in [0.717, 1.165) is 12.8 Å². The minimum absolute atomic E-state index is 0.0732. The molecule has 0 aliphatic heterocycles. The van der Waals surface area contributed by atoms with Gasteiger partial charge in [-0.1, -0.05) is 0 Å². The zero-order chi connectivity index (χ0) is 13.1. The zero-order valence-electron chi connectivity index (χ0n) is 8.82. The van der Waals surface area contributed by atoms with Gasteiger partial charge in [-0.25, -0.2) is 0 Å². The fourth-order valence-electron chi connectivity index (χ4n) is 1.01. The number of ether oxygens (including phenoxy) is 1. The lowest BCUT2D eigenvalue weighted by atomic mass is 10.3. The van der Waals surface area contributed by atoms with E-state index in [4.69, 9.17) is 4.74 Å². The third kappa shape index (κ3) is 4.10. The quantitative estimate of drug-likeness (QED) is 0.584. The Morgan fingerprint density at radius 1 is 1.24 bits per heavy atom. The van der Waals surface area contributed by atoms with Crippen LogP contribution in [0.5, 0.6) is 0 Å². The van der Waals surface area contributed by atoms with E-state index in [1.807, 2.05) is 0 Å². The number of nitrogens with one attached hydrogen (secondary N) is 1. The normalized spacial score (nSPS) is 17.0. The van der Waals surface area contributed by atoms with E-state index in [1.54, 1.807) is 0 Å².